The molecular weight excluding hydrogens is 314 g/mol. The maximum Gasteiger partial charge on any atom is 0.334 e. The van der Waals surface area contributed by atoms with E-state index < -0.39 is 4.92 Å². The molecule has 3 heterocycles. The number of anilines is 3. The van der Waals surface area contributed by atoms with E-state index in [4.69, 9.17) is 0 Å². The highest BCUT2D eigenvalue weighted by Gasteiger charge is 2.24. The quantitative estimate of drug-likeness (QED) is 0.625. The maximum atomic E-state index is 11.4. The van der Waals surface area contributed by atoms with E-state index >= 15 is 0 Å². The fourth-order valence-electron chi connectivity index (χ4n) is 2.62. The van der Waals surface area contributed by atoms with E-state index in [1.54, 1.807) is 32.3 Å². The van der Waals surface area contributed by atoms with Crippen LogP contribution in [-0.4, -0.2) is 45.2 Å². The van der Waals surface area contributed by atoms with Crippen LogP contribution >= 0.6 is 0 Å². The number of amides is 1. The highest BCUT2D eigenvalue weighted by Crippen LogP contribution is 2.30. The molecule has 0 aliphatic carbocycles. The van der Waals surface area contributed by atoms with Crippen molar-refractivity contribution in [1.82, 2.24) is 20.1 Å². The van der Waals surface area contributed by atoms with Gasteiger partial charge in [-0.2, -0.15) is 5.10 Å². The molecule has 1 amide bonds. The third-order valence-electron chi connectivity index (χ3n) is 3.75. The average Bonchev–Trinajstić information content (AvgIpc) is 2.82. The molecule has 2 N–H and O–H groups in total. The summed E-state index contributed by atoms with van der Waals surface area (Å²) in [5, 5.41) is 21.0. The van der Waals surface area contributed by atoms with E-state index in [9.17, 15) is 14.9 Å². The zero-order valence-electron chi connectivity index (χ0n) is 13.3. The Bertz CT molecular complexity index is 784. The van der Waals surface area contributed by atoms with Gasteiger partial charge in [-0.3, -0.25) is 14.9 Å². The number of aryl methyl sites for hydroxylation is 2. The van der Waals surface area contributed by atoms with E-state index in [0.717, 1.165) is 0 Å². The van der Waals surface area contributed by atoms with Crippen molar-refractivity contribution >= 4 is 28.9 Å². The van der Waals surface area contributed by atoms with Gasteiger partial charge in [0, 0.05) is 20.1 Å². The molecule has 10 heteroatoms. The normalized spacial score (nSPS) is 14.4. The van der Waals surface area contributed by atoms with Crippen LogP contribution < -0.4 is 15.5 Å². The molecule has 0 saturated carbocycles. The van der Waals surface area contributed by atoms with Crippen molar-refractivity contribution < 1.29 is 9.72 Å². The molecule has 2 aromatic heterocycles. The Balaban J connectivity index is 1.80. The zero-order valence-corrected chi connectivity index (χ0v) is 13.3. The van der Waals surface area contributed by atoms with Gasteiger partial charge >= 0.3 is 5.69 Å². The van der Waals surface area contributed by atoms with Crippen LogP contribution in [0.5, 0.6) is 0 Å². The van der Waals surface area contributed by atoms with Gasteiger partial charge in [-0.25, -0.2) is 9.67 Å². The molecule has 1 saturated heterocycles. The Labute approximate surface area is 137 Å². The molecule has 0 bridgehead atoms. The lowest BCUT2D eigenvalue weighted by atomic mass is 10.3. The van der Waals surface area contributed by atoms with Crippen molar-refractivity contribution in [2.45, 2.75) is 6.92 Å². The van der Waals surface area contributed by atoms with Gasteiger partial charge in [-0.15, -0.1) is 0 Å². The minimum atomic E-state index is -0.460. The number of aromatic nitrogens is 3. The Morgan fingerprint density at radius 2 is 2.21 bits per heavy atom. The van der Waals surface area contributed by atoms with Crippen LogP contribution in [0.15, 0.2) is 18.3 Å². The monoisotopic (exact) mass is 331 g/mol. The summed E-state index contributed by atoms with van der Waals surface area (Å²) in [4.78, 5) is 28.4. The number of nitrogens with zero attached hydrogens (tertiary/aromatic N) is 5. The van der Waals surface area contributed by atoms with Crippen molar-refractivity contribution in [1.29, 1.82) is 0 Å². The molecule has 126 valence electrons. The Morgan fingerprint density at radius 1 is 1.42 bits per heavy atom. The zero-order chi connectivity index (χ0) is 17.3. The first kappa shape index (κ1) is 15.7. The van der Waals surface area contributed by atoms with Crippen LogP contribution in [0, 0.1) is 17.0 Å². The molecule has 0 atom stereocenters. The van der Waals surface area contributed by atoms with E-state index in [1.165, 1.54) is 4.68 Å². The molecular formula is C14H17N7O3. The smallest absolute Gasteiger partial charge is 0.334 e. The first-order valence-corrected chi connectivity index (χ1v) is 7.38. The van der Waals surface area contributed by atoms with Gasteiger partial charge in [0.25, 0.3) is 0 Å². The van der Waals surface area contributed by atoms with Crippen LogP contribution in [0.4, 0.5) is 23.0 Å². The summed E-state index contributed by atoms with van der Waals surface area (Å²) < 4.78 is 1.43. The number of rotatable bonds is 4. The van der Waals surface area contributed by atoms with Gasteiger partial charge < -0.3 is 15.5 Å². The summed E-state index contributed by atoms with van der Waals surface area (Å²) in [5.74, 6) is 0.946. The van der Waals surface area contributed by atoms with E-state index in [-0.39, 0.29) is 18.1 Å². The molecule has 1 fully saturated rings. The standard InChI is InChI=1S/C14H17N7O3/c1-9-13(21(23)24)14(19(2)18-9)17-10-3-4-11(16-7-10)20-6-5-15-12(22)8-20/h3-4,7,17H,5-6,8H2,1-2H3,(H,15,22). The number of piperazine rings is 1. The second-order valence-electron chi connectivity index (χ2n) is 5.46. The first-order valence-electron chi connectivity index (χ1n) is 7.38. The predicted molar refractivity (Wildman–Crippen MR) is 87.3 cm³/mol. The SMILES string of the molecule is Cc1nn(C)c(Nc2ccc(N3CCNC(=O)C3)nc2)c1[N+](=O)[O-]. The molecule has 3 rings (SSSR count). The van der Waals surface area contributed by atoms with Crippen LogP contribution in [0.2, 0.25) is 0 Å². The molecule has 2 aromatic rings. The van der Waals surface area contributed by atoms with Crippen molar-refractivity contribution in [2.75, 3.05) is 29.9 Å². The molecule has 0 unspecified atom stereocenters. The van der Waals surface area contributed by atoms with Crippen LogP contribution in [0.1, 0.15) is 5.69 Å². The lowest BCUT2D eigenvalue weighted by molar-refractivity contribution is -0.384. The minimum Gasteiger partial charge on any atom is -0.353 e. The van der Waals surface area contributed by atoms with E-state index in [1.807, 2.05) is 4.90 Å². The summed E-state index contributed by atoms with van der Waals surface area (Å²) in [6, 6.07) is 3.54. The summed E-state index contributed by atoms with van der Waals surface area (Å²) >= 11 is 0. The number of hydrogen-bond donors (Lipinski definition) is 2. The van der Waals surface area contributed by atoms with Gasteiger partial charge in [-0.1, -0.05) is 0 Å². The fourth-order valence-corrected chi connectivity index (χ4v) is 2.62. The van der Waals surface area contributed by atoms with Crippen molar-refractivity contribution in [3.8, 4) is 0 Å². The maximum absolute atomic E-state index is 11.4. The number of carbonyl (C=O) groups excluding carboxylic acids is 1. The van der Waals surface area contributed by atoms with Crippen LogP contribution in [0.3, 0.4) is 0 Å². The van der Waals surface area contributed by atoms with E-state index in [2.05, 4.69) is 20.7 Å². The van der Waals surface area contributed by atoms with Gasteiger partial charge in [0.05, 0.1) is 23.4 Å². The van der Waals surface area contributed by atoms with Gasteiger partial charge in [0.2, 0.25) is 11.7 Å². The highest BCUT2D eigenvalue weighted by molar-refractivity contribution is 5.82. The molecule has 0 aromatic carbocycles. The fraction of sp³-hybridized carbons (Fsp3) is 0.357. The average molecular weight is 331 g/mol. The predicted octanol–water partition coefficient (Wildman–Crippen LogP) is 0.712. The van der Waals surface area contributed by atoms with E-state index in [0.29, 0.717) is 36.1 Å². The third-order valence-corrected chi connectivity index (χ3v) is 3.75. The number of pyridine rings is 1. The van der Waals surface area contributed by atoms with Crippen molar-refractivity contribution in [3.05, 3.63) is 34.1 Å². The number of nitro groups is 1. The molecule has 0 radical (unpaired) electrons. The molecule has 1 aliphatic heterocycles. The second-order valence-corrected chi connectivity index (χ2v) is 5.46. The third kappa shape index (κ3) is 2.98. The topological polar surface area (TPSA) is 118 Å². The summed E-state index contributed by atoms with van der Waals surface area (Å²) in [6.45, 7) is 3.14. The summed E-state index contributed by atoms with van der Waals surface area (Å²) in [6.07, 6.45) is 1.58. The van der Waals surface area contributed by atoms with Crippen LogP contribution in [0.25, 0.3) is 0 Å². The molecule has 0 spiro atoms. The largest absolute Gasteiger partial charge is 0.353 e. The van der Waals surface area contributed by atoms with Crippen molar-refractivity contribution in [2.24, 2.45) is 7.05 Å². The number of hydrogen-bond acceptors (Lipinski definition) is 7. The Hall–Kier alpha value is -3.17. The number of carbonyl (C=O) groups is 1. The lowest BCUT2D eigenvalue weighted by Gasteiger charge is -2.27. The van der Waals surface area contributed by atoms with Crippen LogP contribution in [-0.2, 0) is 11.8 Å². The first-order chi connectivity index (χ1) is 11.5. The second kappa shape index (κ2) is 6.14. The summed E-state index contributed by atoms with van der Waals surface area (Å²) in [7, 11) is 1.64. The highest BCUT2D eigenvalue weighted by atomic mass is 16.6. The molecule has 10 nitrogen and oxygen atoms in total. The minimum absolute atomic E-state index is 0.0359. The molecule has 24 heavy (non-hydrogen) atoms. The van der Waals surface area contributed by atoms with Crippen molar-refractivity contribution in [3.63, 3.8) is 0 Å². The van der Waals surface area contributed by atoms with Gasteiger partial charge in [-0.05, 0) is 19.1 Å². The lowest BCUT2D eigenvalue weighted by Crippen LogP contribution is -2.48. The summed E-state index contributed by atoms with van der Waals surface area (Å²) in [5.41, 5.74) is 0.884. The Morgan fingerprint density at radius 3 is 2.83 bits per heavy atom. The number of nitrogens with one attached hydrogen (secondary N) is 2. The van der Waals surface area contributed by atoms with Gasteiger partial charge in [0.15, 0.2) is 0 Å². The van der Waals surface area contributed by atoms with Gasteiger partial charge in [0.1, 0.15) is 11.5 Å². The Kier molecular flexibility index (Phi) is 4.02. The molecule has 1 aliphatic rings.